The molecule has 1 aromatic rings. The minimum Gasteiger partial charge on any atom is -0.397 e. The maximum Gasteiger partial charge on any atom is 0.243 e. The quantitative estimate of drug-likeness (QED) is 0.852. The summed E-state index contributed by atoms with van der Waals surface area (Å²) in [5.74, 6) is 0. The SMILES string of the molecule is Cc1cc(S(=O)(=O)N2CCCCCC2C)cc(N)c1Cl. The van der Waals surface area contributed by atoms with Crippen LogP contribution in [0.5, 0.6) is 0 Å². The van der Waals surface area contributed by atoms with Gasteiger partial charge in [0.05, 0.1) is 15.6 Å². The maximum atomic E-state index is 12.8. The van der Waals surface area contributed by atoms with Crippen LogP contribution in [-0.2, 0) is 10.0 Å². The van der Waals surface area contributed by atoms with Gasteiger partial charge >= 0.3 is 0 Å². The van der Waals surface area contributed by atoms with Gasteiger partial charge in [0.2, 0.25) is 10.0 Å². The van der Waals surface area contributed by atoms with Crippen LogP contribution in [0.2, 0.25) is 5.02 Å². The van der Waals surface area contributed by atoms with Crippen molar-refractivity contribution in [2.24, 2.45) is 0 Å². The molecule has 6 heteroatoms. The zero-order valence-electron chi connectivity index (χ0n) is 11.9. The summed E-state index contributed by atoms with van der Waals surface area (Å²) in [6.45, 7) is 4.31. The second-order valence-electron chi connectivity index (χ2n) is 5.46. The van der Waals surface area contributed by atoms with Gasteiger partial charge < -0.3 is 5.73 Å². The predicted molar refractivity (Wildman–Crippen MR) is 82.4 cm³/mol. The second-order valence-corrected chi connectivity index (χ2v) is 7.73. The first-order valence-corrected chi connectivity index (χ1v) is 8.73. The zero-order chi connectivity index (χ0) is 14.9. The first-order chi connectivity index (χ1) is 9.34. The van der Waals surface area contributed by atoms with Crippen LogP contribution in [0.25, 0.3) is 0 Å². The van der Waals surface area contributed by atoms with Crippen LogP contribution < -0.4 is 5.73 Å². The summed E-state index contributed by atoms with van der Waals surface area (Å²) in [5, 5.41) is 0.424. The average Bonchev–Trinajstić information content (AvgIpc) is 2.60. The number of aryl methyl sites for hydroxylation is 1. The summed E-state index contributed by atoms with van der Waals surface area (Å²) < 4.78 is 27.2. The Morgan fingerprint density at radius 2 is 2.00 bits per heavy atom. The van der Waals surface area contributed by atoms with Crippen LogP contribution in [0.3, 0.4) is 0 Å². The molecule has 2 N–H and O–H groups in total. The van der Waals surface area contributed by atoms with Gasteiger partial charge in [-0.1, -0.05) is 24.4 Å². The van der Waals surface area contributed by atoms with Gasteiger partial charge in [-0.25, -0.2) is 8.42 Å². The number of nitrogens with two attached hydrogens (primary N) is 1. The smallest absolute Gasteiger partial charge is 0.243 e. The second kappa shape index (κ2) is 5.92. The van der Waals surface area contributed by atoms with Crippen LogP contribution in [0.1, 0.15) is 38.2 Å². The largest absolute Gasteiger partial charge is 0.397 e. The van der Waals surface area contributed by atoms with Crippen LogP contribution in [0.4, 0.5) is 5.69 Å². The molecule has 1 aliphatic heterocycles. The number of rotatable bonds is 2. The van der Waals surface area contributed by atoms with Crippen molar-refractivity contribution in [3.8, 4) is 0 Å². The van der Waals surface area contributed by atoms with Crippen LogP contribution in [0.15, 0.2) is 17.0 Å². The fourth-order valence-electron chi connectivity index (χ4n) is 2.65. The molecular formula is C14H21ClN2O2S. The molecule has 0 spiro atoms. The molecule has 1 aliphatic rings. The van der Waals surface area contributed by atoms with E-state index in [9.17, 15) is 8.42 Å². The van der Waals surface area contributed by atoms with Crippen molar-refractivity contribution in [3.63, 3.8) is 0 Å². The Morgan fingerprint density at radius 3 is 2.65 bits per heavy atom. The highest BCUT2D eigenvalue weighted by Crippen LogP contribution is 2.30. The van der Waals surface area contributed by atoms with Gasteiger partial charge in [-0.3, -0.25) is 0 Å². The average molecular weight is 317 g/mol. The molecule has 0 bridgehead atoms. The number of nitrogen functional groups attached to an aromatic ring is 1. The monoisotopic (exact) mass is 316 g/mol. The maximum absolute atomic E-state index is 12.8. The third-order valence-electron chi connectivity index (χ3n) is 3.85. The molecule has 1 fully saturated rings. The summed E-state index contributed by atoms with van der Waals surface area (Å²) >= 11 is 6.01. The molecule has 20 heavy (non-hydrogen) atoms. The first-order valence-electron chi connectivity index (χ1n) is 6.91. The fraction of sp³-hybridized carbons (Fsp3) is 0.571. The Morgan fingerprint density at radius 1 is 1.30 bits per heavy atom. The lowest BCUT2D eigenvalue weighted by molar-refractivity contribution is 0.342. The van der Waals surface area contributed by atoms with Crippen LogP contribution >= 0.6 is 11.6 Å². The van der Waals surface area contributed by atoms with Crippen LogP contribution in [-0.4, -0.2) is 25.3 Å². The summed E-state index contributed by atoms with van der Waals surface area (Å²) in [6, 6.07) is 3.09. The first kappa shape index (κ1) is 15.6. The van der Waals surface area contributed by atoms with Crippen molar-refractivity contribution >= 4 is 27.3 Å². The third kappa shape index (κ3) is 2.95. The highest BCUT2D eigenvalue weighted by atomic mass is 35.5. The van der Waals surface area contributed by atoms with Crippen molar-refractivity contribution in [2.75, 3.05) is 12.3 Å². The number of nitrogens with zero attached hydrogens (tertiary/aromatic N) is 1. The topological polar surface area (TPSA) is 63.4 Å². The van der Waals surface area contributed by atoms with E-state index >= 15 is 0 Å². The normalized spacial score (nSPS) is 21.6. The summed E-state index contributed by atoms with van der Waals surface area (Å²) in [5.41, 5.74) is 6.80. The molecule has 112 valence electrons. The fourth-order valence-corrected chi connectivity index (χ4v) is 4.58. The van der Waals surface area contributed by atoms with E-state index < -0.39 is 10.0 Å². The van der Waals surface area contributed by atoms with Crippen molar-refractivity contribution in [3.05, 3.63) is 22.7 Å². The molecule has 2 rings (SSSR count). The number of sulfonamides is 1. The third-order valence-corrected chi connectivity index (χ3v) is 6.36. The molecule has 1 saturated heterocycles. The van der Waals surface area contributed by atoms with E-state index in [-0.39, 0.29) is 10.9 Å². The number of halogens is 1. The van der Waals surface area contributed by atoms with Crippen LogP contribution in [0, 0.1) is 6.92 Å². The minimum atomic E-state index is -3.50. The lowest BCUT2D eigenvalue weighted by atomic mass is 10.1. The molecule has 4 nitrogen and oxygen atoms in total. The van der Waals surface area contributed by atoms with Gasteiger partial charge in [0.25, 0.3) is 0 Å². The predicted octanol–water partition coefficient (Wildman–Crippen LogP) is 3.18. The molecule has 1 aromatic carbocycles. The van der Waals surface area contributed by atoms with E-state index in [2.05, 4.69) is 0 Å². The summed E-state index contributed by atoms with van der Waals surface area (Å²) in [4.78, 5) is 0.241. The Balaban J connectivity index is 2.43. The number of hydrogen-bond donors (Lipinski definition) is 1. The summed E-state index contributed by atoms with van der Waals surface area (Å²) in [7, 11) is -3.50. The van der Waals surface area contributed by atoms with E-state index in [1.807, 2.05) is 6.92 Å². The molecule has 0 amide bonds. The minimum absolute atomic E-state index is 0.0275. The Bertz CT molecular complexity index is 578. The van der Waals surface area contributed by atoms with E-state index in [1.54, 1.807) is 17.3 Å². The van der Waals surface area contributed by atoms with E-state index in [0.29, 0.717) is 22.8 Å². The highest BCUT2D eigenvalue weighted by Gasteiger charge is 2.30. The number of anilines is 1. The number of hydrogen-bond acceptors (Lipinski definition) is 3. The lowest BCUT2D eigenvalue weighted by Crippen LogP contribution is -2.38. The van der Waals surface area contributed by atoms with Gasteiger partial charge in [0.1, 0.15) is 0 Å². The Labute approximate surface area is 126 Å². The van der Waals surface area contributed by atoms with Gasteiger partial charge in [0.15, 0.2) is 0 Å². The lowest BCUT2D eigenvalue weighted by Gasteiger charge is -2.26. The van der Waals surface area contributed by atoms with Crippen molar-refractivity contribution in [1.29, 1.82) is 0 Å². The van der Waals surface area contributed by atoms with Gasteiger partial charge in [0, 0.05) is 12.6 Å². The van der Waals surface area contributed by atoms with Gasteiger partial charge in [-0.15, -0.1) is 0 Å². The molecule has 0 aromatic heterocycles. The zero-order valence-corrected chi connectivity index (χ0v) is 13.5. The van der Waals surface area contributed by atoms with E-state index in [0.717, 1.165) is 25.7 Å². The highest BCUT2D eigenvalue weighted by molar-refractivity contribution is 7.89. The Hall–Kier alpha value is -0.780. The van der Waals surface area contributed by atoms with E-state index in [4.69, 9.17) is 17.3 Å². The molecule has 0 radical (unpaired) electrons. The molecule has 0 aliphatic carbocycles. The molecule has 0 saturated carbocycles. The van der Waals surface area contributed by atoms with Crippen molar-refractivity contribution in [2.45, 2.75) is 50.5 Å². The van der Waals surface area contributed by atoms with Crippen molar-refractivity contribution < 1.29 is 8.42 Å². The van der Waals surface area contributed by atoms with E-state index in [1.165, 1.54) is 6.07 Å². The molecule has 1 heterocycles. The molecule has 1 unspecified atom stereocenters. The Kier molecular flexibility index (Phi) is 4.62. The summed E-state index contributed by atoms with van der Waals surface area (Å²) in [6.07, 6.45) is 3.97. The van der Waals surface area contributed by atoms with Crippen molar-refractivity contribution in [1.82, 2.24) is 4.31 Å². The molecule has 1 atom stereocenters. The standard InChI is InChI=1S/C14H21ClN2O2S/c1-10-8-12(9-13(16)14(10)15)20(18,19)17-7-5-3-4-6-11(17)2/h8-9,11H,3-7,16H2,1-2H3. The van der Waals surface area contributed by atoms with Gasteiger partial charge in [-0.05, 0) is 44.4 Å². The van der Waals surface area contributed by atoms with Gasteiger partial charge in [-0.2, -0.15) is 4.31 Å². The molecular weight excluding hydrogens is 296 g/mol. The number of benzene rings is 1.